The molecule has 0 spiro atoms. The summed E-state index contributed by atoms with van der Waals surface area (Å²) >= 11 is 0. The Labute approximate surface area is 195 Å². The average molecular weight is 440 g/mol. The molecule has 1 heterocycles. The Bertz CT molecular complexity index is 1040. The number of hydrogen-bond donors (Lipinski definition) is 1. The van der Waals surface area contributed by atoms with E-state index in [1.807, 2.05) is 72.8 Å². The van der Waals surface area contributed by atoms with Crippen LogP contribution in [0.25, 0.3) is 0 Å². The highest BCUT2D eigenvalue weighted by Gasteiger charge is 2.45. The van der Waals surface area contributed by atoms with Crippen molar-refractivity contribution in [3.63, 3.8) is 0 Å². The topological polar surface area (TPSA) is 29.1 Å². The molecule has 1 N–H and O–H groups in total. The molecule has 1 aliphatic rings. The molecule has 1 aliphatic heterocycles. The molecule has 4 atom stereocenters. The van der Waals surface area contributed by atoms with Gasteiger partial charge in [-0.25, -0.2) is 0 Å². The second-order valence-corrected chi connectivity index (χ2v) is 8.12. The summed E-state index contributed by atoms with van der Waals surface area (Å²) in [6.45, 7) is 0. The minimum absolute atomic E-state index is 0. The number of ketones is 1. The first-order valence-electron chi connectivity index (χ1n) is 10.8. The van der Waals surface area contributed by atoms with Crippen LogP contribution in [0.1, 0.15) is 46.2 Å². The normalized spacial score (nSPS) is 22.7. The van der Waals surface area contributed by atoms with Gasteiger partial charge in [0.15, 0.2) is 5.78 Å². The van der Waals surface area contributed by atoms with Gasteiger partial charge in [0.25, 0.3) is 0 Å². The molecule has 32 heavy (non-hydrogen) atoms. The van der Waals surface area contributed by atoms with E-state index < -0.39 is 0 Å². The van der Waals surface area contributed by atoms with Gasteiger partial charge in [-0.15, -0.1) is 12.4 Å². The van der Waals surface area contributed by atoms with Crippen molar-refractivity contribution in [2.45, 2.75) is 23.9 Å². The van der Waals surface area contributed by atoms with Gasteiger partial charge < -0.3 is 5.32 Å². The Morgan fingerprint density at radius 2 is 0.719 bits per heavy atom. The third-order valence-corrected chi connectivity index (χ3v) is 6.27. The summed E-state index contributed by atoms with van der Waals surface area (Å²) < 4.78 is 0. The SMILES string of the molecule is Cl.O=C1C(c2ccccc2)C(c2ccccc2)NC(c2ccccc2)C1c1ccccc1. The Balaban J connectivity index is 0.00000245. The quantitative estimate of drug-likeness (QED) is 0.386. The molecule has 5 rings (SSSR count). The summed E-state index contributed by atoms with van der Waals surface area (Å²) in [6.07, 6.45) is 0. The summed E-state index contributed by atoms with van der Waals surface area (Å²) in [5, 5.41) is 3.89. The van der Waals surface area contributed by atoms with Crippen LogP contribution in [0, 0.1) is 0 Å². The van der Waals surface area contributed by atoms with Crippen LogP contribution in [-0.2, 0) is 4.79 Å². The van der Waals surface area contributed by atoms with E-state index in [1.165, 1.54) is 0 Å². The number of hydrogen-bond acceptors (Lipinski definition) is 2. The number of Topliss-reactive ketones (excluding diaryl/α,β-unsaturated/α-hetero) is 1. The van der Waals surface area contributed by atoms with Crippen molar-refractivity contribution < 1.29 is 4.79 Å². The number of carbonyl (C=O) groups is 1. The summed E-state index contributed by atoms with van der Waals surface area (Å²) in [7, 11) is 0. The van der Waals surface area contributed by atoms with Crippen LogP contribution in [-0.4, -0.2) is 5.78 Å². The molecule has 160 valence electrons. The lowest BCUT2D eigenvalue weighted by Gasteiger charge is -2.42. The molecule has 1 fully saturated rings. The van der Waals surface area contributed by atoms with Crippen molar-refractivity contribution in [1.29, 1.82) is 0 Å². The zero-order chi connectivity index (χ0) is 21.0. The highest BCUT2D eigenvalue weighted by molar-refractivity contribution is 5.94. The van der Waals surface area contributed by atoms with Crippen LogP contribution in [0.5, 0.6) is 0 Å². The largest absolute Gasteiger partial charge is 0.301 e. The van der Waals surface area contributed by atoms with Crippen LogP contribution >= 0.6 is 12.4 Å². The number of piperidine rings is 1. The Hall–Kier alpha value is -3.20. The summed E-state index contributed by atoms with van der Waals surface area (Å²) in [6, 6.07) is 40.9. The molecule has 4 aromatic carbocycles. The second-order valence-electron chi connectivity index (χ2n) is 8.12. The van der Waals surface area contributed by atoms with E-state index in [2.05, 4.69) is 53.8 Å². The molecule has 0 radical (unpaired) electrons. The molecule has 1 saturated heterocycles. The molecule has 3 heteroatoms. The fraction of sp³-hybridized carbons (Fsp3) is 0.138. The zero-order valence-corrected chi connectivity index (χ0v) is 18.5. The maximum absolute atomic E-state index is 14.3. The van der Waals surface area contributed by atoms with E-state index in [0.717, 1.165) is 22.3 Å². The maximum atomic E-state index is 14.3. The van der Waals surface area contributed by atoms with Crippen LogP contribution in [0.2, 0.25) is 0 Å². The molecule has 4 aromatic rings. The lowest BCUT2D eigenvalue weighted by Crippen LogP contribution is -2.46. The van der Waals surface area contributed by atoms with Crippen molar-refractivity contribution in [2.75, 3.05) is 0 Å². The first-order valence-corrected chi connectivity index (χ1v) is 10.8. The first-order chi connectivity index (χ1) is 15.3. The Kier molecular flexibility index (Phi) is 6.84. The number of nitrogens with one attached hydrogen (secondary N) is 1. The molecular weight excluding hydrogens is 414 g/mol. The minimum Gasteiger partial charge on any atom is -0.301 e. The van der Waals surface area contributed by atoms with E-state index in [4.69, 9.17) is 0 Å². The monoisotopic (exact) mass is 439 g/mol. The lowest BCUT2D eigenvalue weighted by atomic mass is 9.70. The fourth-order valence-corrected chi connectivity index (χ4v) is 4.84. The van der Waals surface area contributed by atoms with E-state index in [1.54, 1.807) is 0 Å². The molecule has 4 unspecified atom stereocenters. The molecule has 2 nitrogen and oxygen atoms in total. The highest BCUT2D eigenvalue weighted by atomic mass is 35.5. The first kappa shape index (κ1) is 22.0. The van der Waals surface area contributed by atoms with Crippen molar-refractivity contribution in [3.8, 4) is 0 Å². The number of rotatable bonds is 4. The molecule has 0 bridgehead atoms. The summed E-state index contributed by atoms with van der Waals surface area (Å²) in [4.78, 5) is 14.3. The number of halogens is 1. The third kappa shape index (κ3) is 4.25. The summed E-state index contributed by atoms with van der Waals surface area (Å²) in [5.74, 6) is -0.249. The molecule has 0 aromatic heterocycles. The summed E-state index contributed by atoms with van der Waals surface area (Å²) in [5.41, 5.74) is 4.39. The van der Waals surface area contributed by atoms with Crippen molar-refractivity contribution >= 4 is 18.2 Å². The van der Waals surface area contributed by atoms with E-state index in [9.17, 15) is 4.79 Å². The van der Waals surface area contributed by atoms with Gasteiger partial charge in [0.05, 0.1) is 11.8 Å². The minimum atomic E-state index is -0.256. The Morgan fingerprint density at radius 3 is 1.03 bits per heavy atom. The number of carbonyl (C=O) groups excluding carboxylic acids is 1. The standard InChI is InChI=1S/C29H25NO.ClH/c31-29-25(21-13-5-1-6-14-21)27(23-17-9-3-10-18-23)30-28(24-19-11-4-12-20-24)26(29)22-15-7-2-8-16-22;/h1-20,25-28,30H;1H. The van der Waals surface area contributed by atoms with Crippen LogP contribution in [0.4, 0.5) is 0 Å². The van der Waals surface area contributed by atoms with Gasteiger partial charge in [0, 0.05) is 12.1 Å². The van der Waals surface area contributed by atoms with Gasteiger partial charge in [-0.1, -0.05) is 121 Å². The van der Waals surface area contributed by atoms with Gasteiger partial charge in [-0.3, -0.25) is 4.79 Å². The van der Waals surface area contributed by atoms with E-state index in [-0.39, 0.29) is 42.1 Å². The molecule has 0 saturated carbocycles. The van der Waals surface area contributed by atoms with Crippen LogP contribution < -0.4 is 5.32 Å². The lowest BCUT2D eigenvalue weighted by molar-refractivity contribution is -0.125. The van der Waals surface area contributed by atoms with E-state index >= 15 is 0 Å². The second kappa shape index (κ2) is 9.95. The van der Waals surface area contributed by atoms with Gasteiger partial charge in [0.2, 0.25) is 0 Å². The molecule has 0 amide bonds. The predicted molar refractivity (Wildman–Crippen MR) is 132 cm³/mol. The predicted octanol–water partition coefficient (Wildman–Crippen LogP) is 6.63. The van der Waals surface area contributed by atoms with Gasteiger partial charge in [0.1, 0.15) is 0 Å². The molecular formula is C29H26ClNO. The highest BCUT2D eigenvalue weighted by Crippen LogP contribution is 2.47. The smallest absolute Gasteiger partial charge is 0.151 e. The average Bonchev–Trinajstić information content (AvgIpc) is 2.85. The van der Waals surface area contributed by atoms with Crippen molar-refractivity contribution in [2.24, 2.45) is 0 Å². The maximum Gasteiger partial charge on any atom is 0.151 e. The van der Waals surface area contributed by atoms with Crippen LogP contribution in [0.15, 0.2) is 121 Å². The van der Waals surface area contributed by atoms with Crippen molar-refractivity contribution in [1.82, 2.24) is 5.32 Å². The zero-order valence-electron chi connectivity index (χ0n) is 17.7. The third-order valence-electron chi connectivity index (χ3n) is 6.27. The van der Waals surface area contributed by atoms with E-state index in [0.29, 0.717) is 0 Å². The molecule has 0 aliphatic carbocycles. The van der Waals surface area contributed by atoms with Crippen molar-refractivity contribution in [3.05, 3.63) is 144 Å². The van der Waals surface area contributed by atoms with Gasteiger partial charge in [-0.2, -0.15) is 0 Å². The van der Waals surface area contributed by atoms with Crippen LogP contribution in [0.3, 0.4) is 0 Å². The fourth-order valence-electron chi connectivity index (χ4n) is 4.84. The number of benzene rings is 4. The Morgan fingerprint density at radius 1 is 0.438 bits per heavy atom. The van der Waals surface area contributed by atoms with Gasteiger partial charge >= 0.3 is 0 Å². The van der Waals surface area contributed by atoms with Gasteiger partial charge in [-0.05, 0) is 22.3 Å².